The maximum absolute atomic E-state index is 13.6. The molecule has 9 heteroatoms. The second-order valence-electron chi connectivity index (χ2n) is 5.45. The van der Waals surface area contributed by atoms with Crippen LogP contribution >= 0.6 is 12.4 Å². The molecular weight excluding hydrogens is 383 g/mol. The molecule has 2 aromatic rings. The molecule has 0 aliphatic heterocycles. The summed E-state index contributed by atoms with van der Waals surface area (Å²) in [5.41, 5.74) is 4.46. The lowest BCUT2D eigenvalue weighted by Gasteiger charge is -2.20. The van der Waals surface area contributed by atoms with Gasteiger partial charge in [0.25, 0.3) is 0 Å². The first-order valence-corrected chi connectivity index (χ1v) is 7.71. The van der Waals surface area contributed by atoms with E-state index in [0.717, 1.165) is 12.1 Å². The molecule has 4 N–H and O–H groups in total. The number of nitrogens with two attached hydrogens (primary N) is 1. The summed E-state index contributed by atoms with van der Waals surface area (Å²) in [6.45, 7) is 1.61. The number of carbonyl (C=O) groups excluding carboxylic acids is 1. The SMILES string of the molecule is CCC(=O)Nc1ccc(C(F)(F)F)c(-c2ccc(OC)cc2)c1C(=N)N.Cl. The molecule has 0 radical (unpaired) electrons. The van der Waals surface area contributed by atoms with Crippen LogP contribution in [0.4, 0.5) is 18.9 Å². The highest BCUT2D eigenvalue weighted by Gasteiger charge is 2.36. The molecule has 0 unspecified atom stereocenters. The van der Waals surface area contributed by atoms with Crippen LogP contribution in [0.25, 0.3) is 11.1 Å². The number of halogens is 4. The zero-order chi connectivity index (χ0) is 19.5. The lowest BCUT2D eigenvalue weighted by atomic mass is 9.91. The van der Waals surface area contributed by atoms with Crippen molar-refractivity contribution in [3.05, 3.63) is 47.5 Å². The van der Waals surface area contributed by atoms with Gasteiger partial charge in [0.2, 0.25) is 5.91 Å². The van der Waals surface area contributed by atoms with Gasteiger partial charge in [-0.1, -0.05) is 19.1 Å². The van der Waals surface area contributed by atoms with Crippen molar-refractivity contribution in [1.29, 1.82) is 5.41 Å². The monoisotopic (exact) mass is 401 g/mol. The first kappa shape index (κ1) is 22.3. The predicted octanol–water partition coefficient (Wildman–Crippen LogP) is 4.44. The van der Waals surface area contributed by atoms with E-state index < -0.39 is 23.5 Å². The Bertz CT molecular complexity index is 837. The third-order valence-corrected chi connectivity index (χ3v) is 3.75. The van der Waals surface area contributed by atoms with Crippen molar-refractivity contribution in [1.82, 2.24) is 0 Å². The van der Waals surface area contributed by atoms with Gasteiger partial charge in [-0.05, 0) is 29.8 Å². The van der Waals surface area contributed by atoms with Crippen molar-refractivity contribution in [2.45, 2.75) is 19.5 Å². The molecule has 0 spiro atoms. The molecule has 27 heavy (non-hydrogen) atoms. The van der Waals surface area contributed by atoms with Crippen LogP contribution in [0.1, 0.15) is 24.5 Å². The van der Waals surface area contributed by atoms with Gasteiger partial charge in [0, 0.05) is 17.5 Å². The van der Waals surface area contributed by atoms with Crippen LogP contribution in [0.2, 0.25) is 0 Å². The van der Waals surface area contributed by atoms with Crippen LogP contribution in [0.3, 0.4) is 0 Å². The number of ether oxygens (including phenoxy) is 1. The van der Waals surface area contributed by atoms with Crippen LogP contribution in [-0.2, 0) is 11.0 Å². The molecule has 5 nitrogen and oxygen atoms in total. The second kappa shape index (κ2) is 8.77. The molecule has 0 saturated heterocycles. The van der Waals surface area contributed by atoms with Gasteiger partial charge in [-0.2, -0.15) is 13.2 Å². The van der Waals surface area contributed by atoms with Gasteiger partial charge in [0.1, 0.15) is 11.6 Å². The number of carbonyl (C=O) groups is 1. The van der Waals surface area contributed by atoms with E-state index in [1.54, 1.807) is 6.92 Å². The number of rotatable bonds is 5. The van der Waals surface area contributed by atoms with E-state index >= 15 is 0 Å². The van der Waals surface area contributed by atoms with E-state index in [1.807, 2.05) is 0 Å². The summed E-state index contributed by atoms with van der Waals surface area (Å²) in [5, 5.41) is 10.3. The summed E-state index contributed by atoms with van der Waals surface area (Å²) in [7, 11) is 1.44. The van der Waals surface area contributed by atoms with Crippen LogP contribution in [0.15, 0.2) is 36.4 Å². The van der Waals surface area contributed by atoms with E-state index in [0.29, 0.717) is 5.75 Å². The van der Waals surface area contributed by atoms with Crippen molar-refractivity contribution < 1.29 is 22.7 Å². The largest absolute Gasteiger partial charge is 0.497 e. The number of benzene rings is 2. The number of anilines is 1. The van der Waals surface area contributed by atoms with Gasteiger partial charge in [-0.15, -0.1) is 12.4 Å². The number of hydrogen-bond acceptors (Lipinski definition) is 3. The van der Waals surface area contributed by atoms with E-state index in [9.17, 15) is 18.0 Å². The molecule has 0 aromatic heterocycles. The Morgan fingerprint density at radius 1 is 1.19 bits per heavy atom. The molecule has 2 aromatic carbocycles. The fraction of sp³-hybridized carbons (Fsp3) is 0.222. The molecule has 0 fully saturated rings. The summed E-state index contributed by atoms with van der Waals surface area (Å²) < 4.78 is 45.7. The van der Waals surface area contributed by atoms with Crippen molar-refractivity contribution in [2.24, 2.45) is 5.73 Å². The Balaban J connectivity index is 0.00000364. The molecule has 0 heterocycles. The summed E-state index contributed by atoms with van der Waals surface area (Å²) in [6.07, 6.45) is -4.52. The standard InChI is InChI=1S/C18H18F3N3O2.ClH/c1-3-14(25)24-13-9-8-12(18(19,20)21)15(16(13)17(22)23)10-4-6-11(26-2)7-5-10;/h4-9H,3H2,1-2H3,(H3,22,23)(H,24,25);1H. The molecule has 2 rings (SSSR count). The van der Waals surface area contributed by atoms with E-state index in [-0.39, 0.29) is 41.2 Å². The quantitative estimate of drug-likeness (QED) is 0.511. The fourth-order valence-electron chi connectivity index (χ4n) is 2.52. The summed E-state index contributed by atoms with van der Waals surface area (Å²) >= 11 is 0. The first-order valence-electron chi connectivity index (χ1n) is 7.71. The third-order valence-electron chi connectivity index (χ3n) is 3.75. The van der Waals surface area contributed by atoms with Crippen LogP contribution in [-0.4, -0.2) is 18.9 Å². The minimum absolute atomic E-state index is 0. The van der Waals surface area contributed by atoms with Gasteiger partial charge in [-0.3, -0.25) is 10.2 Å². The highest BCUT2D eigenvalue weighted by atomic mass is 35.5. The summed E-state index contributed by atoms with van der Waals surface area (Å²) in [4.78, 5) is 11.7. The predicted molar refractivity (Wildman–Crippen MR) is 101 cm³/mol. The van der Waals surface area contributed by atoms with Gasteiger partial charge in [0.05, 0.1) is 18.4 Å². The molecule has 0 aliphatic carbocycles. The van der Waals surface area contributed by atoms with Crippen LogP contribution in [0.5, 0.6) is 5.75 Å². The number of amidine groups is 1. The maximum atomic E-state index is 13.6. The Morgan fingerprint density at radius 2 is 1.78 bits per heavy atom. The van der Waals surface area contributed by atoms with Crippen LogP contribution in [0, 0.1) is 5.41 Å². The molecular formula is C18H19ClF3N3O2. The molecule has 0 aliphatic rings. The zero-order valence-electron chi connectivity index (χ0n) is 14.6. The summed E-state index contributed by atoms with van der Waals surface area (Å²) in [6, 6.07) is 7.90. The third kappa shape index (κ3) is 4.91. The number of alkyl halides is 3. The second-order valence-corrected chi connectivity index (χ2v) is 5.45. The summed E-state index contributed by atoms with van der Waals surface area (Å²) in [5.74, 6) is -0.497. The van der Waals surface area contributed by atoms with E-state index in [4.69, 9.17) is 15.9 Å². The van der Waals surface area contributed by atoms with Gasteiger partial charge in [-0.25, -0.2) is 0 Å². The molecule has 0 bridgehead atoms. The van der Waals surface area contributed by atoms with E-state index in [1.165, 1.54) is 31.4 Å². The first-order chi connectivity index (χ1) is 12.2. The van der Waals surface area contributed by atoms with Gasteiger partial charge >= 0.3 is 6.18 Å². The van der Waals surface area contributed by atoms with E-state index in [2.05, 4.69) is 5.32 Å². The Labute approximate surface area is 160 Å². The van der Waals surface area contributed by atoms with Crippen molar-refractivity contribution in [3.63, 3.8) is 0 Å². The fourth-order valence-corrected chi connectivity index (χ4v) is 2.52. The van der Waals surface area contributed by atoms with Crippen LogP contribution < -0.4 is 15.8 Å². The number of hydrogen-bond donors (Lipinski definition) is 3. The number of methoxy groups -OCH3 is 1. The Kier molecular flexibility index (Phi) is 7.24. The number of amides is 1. The minimum Gasteiger partial charge on any atom is -0.497 e. The van der Waals surface area contributed by atoms with Crippen molar-refractivity contribution >= 4 is 29.8 Å². The lowest BCUT2D eigenvalue weighted by Crippen LogP contribution is -2.21. The van der Waals surface area contributed by atoms with Gasteiger partial charge < -0.3 is 15.8 Å². The molecule has 146 valence electrons. The molecule has 0 atom stereocenters. The minimum atomic E-state index is -4.66. The van der Waals surface area contributed by atoms with Gasteiger partial charge in [0.15, 0.2) is 0 Å². The molecule has 1 amide bonds. The zero-order valence-corrected chi connectivity index (χ0v) is 15.4. The number of nitrogens with one attached hydrogen (secondary N) is 2. The topological polar surface area (TPSA) is 88.2 Å². The Morgan fingerprint density at radius 3 is 2.22 bits per heavy atom. The Hall–Kier alpha value is -2.74. The molecule has 0 saturated carbocycles. The lowest BCUT2D eigenvalue weighted by molar-refractivity contribution is -0.137. The van der Waals surface area contributed by atoms with Crippen molar-refractivity contribution in [3.8, 4) is 16.9 Å². The highest BCUT2D eigenvalue weighted by Crippen LogP contribution is 2.41. The maximum Gasteiger partial charge on any atom is 0.417 e. The number of nitrogen functional groups attached to an aromatic ring is 1. The average Bonchev–Trinajstić information content (AvgIpc) is 2.60. The normalized spacial score (nSPS) is 10.7. The highest BCUT2D eigenvalue weighted by molar-refractivity contribution is 6.10. The van der Waals surface area contributed by atoms with Crippen molar-refractivity contribution in [2.75, 3.05) is 12.4 Å². The smallest absolute Gasteiger partial charge is 0.417 e. The average molecular weight is 402 g/mol.